The number of rotatable bonds is 5. The summed E-state index contributed by atoms with van der Waals surface area (Å²) in [5, 5.41) is 3.39. The molecule has 0 aromatic carbocycles. The maximum atomic E-state index is 4.39. The van der Waals surface area contributed by atoms with Crippen molar-refractivity contribution < 1.29 is 0 Å². The van der Waals surface area contributed by atoms with Crippen molar-refractivity contribution >= 4 is 5.82 Å². The number of nitrogens with one attached hydrogen (secondary N) is 1. The summed E-state index contributed by atoms with van der Waals surface area (Å²) in [6.45, 7) is 5.96. The van der Waals surface area contributed by atoms with Gasteiger partial charge in [-0.05, 0) is 33.7 Å². The zero-order valence-electron chi connectivity index (χ0n) is 11.7. The molecule has 1 aliphatic carbocycles. The summed E-state index contributed by atoms with van der Waals surface area (Å²) in [6.07, 6.45) is 5.52. The number of hydrogen-bond donors (Lipinski definition) is 1. The van der Waals surface area contributed by atoms with Crippen molar-refractivity contribution in [2.75, 3.05) is 25.5 Å². The Kier molecular flexibility index (Phi) is 4.53. The molecule has 1 N–H and O–H groups in total. The first-order valence-electron chi connectivity index (χ1n) is 6.91. The zero-order valence-corrected chi connectivity index (χ0v) is 11.7. The Hall–Kier alpha value is -1.16. The van der Waals surface area contributed by atoms with E-state index in [9.17, 15) is 0 Å². The first-order chi connectivity index (χ1) is 8.65. The van der Waals surface area contributed by atoms with Gasteiger partial charge >= 0.3 is 0 Å². The number of aromatic nitrogens is 2. The molecule has 18 heavy (non-hydrogen) atoms. The van der Waals surface area contributed by atoms with Gasteiger partial charge in [0.25, 0.3) is 0 Å². The topological polar surface area (TPSA) is 41.0 Å². The van der Waals surface area contributed by atoms with Crippen LogP contribution in [-0.2, 0) is 0 Å². The maximum Gasteiger partial charge on any atom is 0.129 e. The Labute approximate surface area is 110 Å². The van der Waals surface area contributed by atoms with Crippen LogP contribution in [0.4, 0.5) is 5.82 Å². The third-order valence-electron chi connectivity index (χ3n) is 3.68. The Balaban J connectivity index is 1.77. The number of aryl methyl sites for hydroxylation is 2. The van der Waals surface area contributed by atoms with Gasteiger partial charge in [-0.2, -0.15) is 0 Å². The van der Waals surface area contributed by atoms with Crippen molar-refractivity contribution in [3.8, 4) is 0 Å². The second-order valence-corrected chi connectivity index (χ2v) is 5.29. The summed E-state index contributed by atoms with van der Waals surface area (Å²) in [4.78, 5) is 11.1. The molecule has 0 saturated heterocycles. The van der Waals surface area contributed by atoms with Crippen molar-refractivity contribution in [3.63, 3.8) is 0 Å². The highest BCUT2D eigenvalue weighted by atomic mass is 15.2. The maximum absolute atomic E-state index is 4.39. The lowest BCUT2D eigenvalue weighted by atomic mass is 10.2. The van der Waals surface area contributed by atoms with E-state index in [4.69, 9.17) is 0 Å². The minimum Gasteiger partial charge on any atom is -0.369 e. The van der Waals surface area contributed by atoms with E-state index in [1.54, 1.807) is 0 Å². The highest BCUT2D eigenvalue weighted by molar-refractivity contribution is 5.35. The number of nitrogens with zero attached hydrogens (tertiary/aromatic N) is 3. The molecule has 0 spiro atoms. The average Bonchev–Trinajstić information content (AvgIpc) is 2.80. The summed E-state index contributed by atoms with van der Waals surface area (Å²) in [7, 11) is 2.23. The second-order valence-electron chi connectivity index (χ2n) is 5.29. The summed E-state index contributed by atoms with van der Waals surface area (Å²) < 4.78 is 0. The van der Waals surface area contributed by atoms with Crippen LogP contribution in [0.5, 0.6) is 0 Å². The van der Waals surface area contributed by atoms with Crippen LogP contribution in [0, 0.1) is 13.8 Å². The van der Waals surface area contributed by atoms with Crippen LogP contribution in [0.25, 0.3) is 0 Å². The first-order valence-corrected chi connectivity index (χ1v) is 6.91. The molecule has 0 unspecified atom stereocenters. The van der Waals surface area contributed by atoms with Crippen molar-refractivity contribution in [1.29, 1.82) is 0 Å². The van der Waals surface area contributed by atoms with E-state index in [2.05, 4.69) is 27.2 Å². The summed E-state index contributed by atoms with van der Waals surface area (Å²) in [6, 6.07) is 2.79. The molecule has 100 valence electrons. The predicted molar refractivity (Wildman–Crippen MR) is 74.9 cm³/mol. The molecule has 0 bridgehead atoms. The zero-order chi connectivity index (χ0) is 13.0. The first kappa shape index (κ1) is 13.3. The number of hydrogen-bond acceptors (Lipinski definition) is 4. The fraction of sp³-hybridized carbons (Fsp3) is 0.714. The van der Waals surface area contributed by atoms with Crippen LogP contribution < -0.4 is 5.32 Å². The molecule has 1 fully saturated rings. The molecular weight excluding hydrogens is 224 g/mol. The summed E-state index contributed by atoms with van der Waals surface area (Å²) >= 11 is 0. The predicted octanol–water partition coefficient (Wildman–Crippen LogP) is 2.38. The van der Waals surface area contributed by atoms with Crippen LogP contribution in [0.3, 0.4) is 0 Å². The van der Waals surface area contributed by atoms with Crippen molar-refractivity contribution in [2.24, 2.45) is 0 Å². The Bertz CT molecular complexity index is 365. The molecule has 1 aromatic heterocycles. The summed E-state index contributed by atoms with van der Waals surface area (Å²) in [5.41, 5.74) is 1.02. The van der Waals surface area contributed by atoms with Crippen LogP contribution in [0.15, 0.2) is 6.07 Å². The molecule has 1 aliphatic rings. The lowest BCUT2D eigenvalue weighted by molar-refractivity contribution is 0.254. The Morgan fingerprint density at radius 1 is 1.28 bits per heavy atom. The van der Waals surface area contributed by atoms with E-state index in [1.807, 2.05) is 19.9 Å². The van der Waals surface area contributed by atoms with Gasteiger partial charge in [-0.1, -0.05) is 12.8 Å². The van der Waals surface area contributed by atoms with Crippen LogP contribution in [0.1, 0.15) is 37.2 Å². The van der Waals surface area contributed by atoms with E-state index in [0.717, 1.165) is 36.5 Å². The van der Waals surface area contributed by atoms with Gasteiger partial charge in [0, 0.05) is 30.9 Å². The van der Waals surface area contributed by atoms with Gasteiger partial charge in [0.1, 0.15) is 11.6 Å². The van der Waals surface area contributed by atoms with Crippen molar-refractivity contribution in [3.05, 3.63) is 17.6 Å². The largest absolute Gasteiger partial charge is 0.369 e. The van der Waals surface area contributed by atoms with Crippen LogP contribution in [-0.4, -0.2) is 41.0 Å². The number of anilines is 1. The summed E-state index contributed by atoms with van der Waals surface area (Å²) in [5.74, 6) is 1.78. The highest BCUT2D eigenvalue weighted by Crippen LogP contribution is 2.21. The highest BCUT2D eigenvalue weighted by Gasteiger charge is 2.18. The molecule has 1 aromatic rings. The normalized spacial score (nSPS) is 16.4. The molecule has 0 radical (unpaired) electrons. The van der Waals surface area contributed by atoms with E-state index in [-0.39, 0.29) is 0 Å². The molecule has 0 amide bonds. The van der Waals surface area contributed by atoms with Gasteiger partial charge in [0.15, 0.2) is 0 Å². The van der Waals surface area contributed by atoms with E-state index in [0.29, 0.717) is 0 Å². The molecule has 1 saturated carbocycles. The van der Waals surface area contributed by atoms with Gasteiger partial charge in [-0.3, -0.25) is 0 Å². The van der Waals surface area contributed by atoms with Gasteiger partial charge in [0.05, 0.1) is 0 Å². The van der Waals surface area contributed by atoms with Gasteiger partial charge in [0.2, 0.25) is 0 Å². The molecular formula is C14H24N4. The van der Waals surface area contributed by atoms with Crippen LogP contribution >= 0.6 is 0 Å². The molecule has 4 nitrogen and oxygen atoms in total. The standard InChI is InChI=1S/C14H24N4/c1-11-10-14(17-12(2)16-11)15-8-9-18(3)13-6-4-5-7-13/h10,13H,4-9H2,1-3H3,(H,15,16,17). The minimum atomic E-state index is 0.792. The monoisotopic (exact) mass is 248 g/mol. The smallest absolute Gasteiger partial charge is 0.129 e. The molecule has 2 rings (SSSR count). The third kappa shape index (κ3) is 3.67. The third-order valence-corrected chi connectivity index (χ3v) is 3.68. The van der Waals surface area contributed by atoms with E-state index in [1.165, 1.54) is 25.7 Å². The minimum absolute atomic E-state index is 0.792. The fourth-order valence-corrected chi connectivity index (χ4v) is 2.70. The Morgan fingerprint density at radius 2 is 2.00 bits per heavy atom. The molecule has 0 atom stereocenters. The van der Waals surface area contributed by atoms with Crippen LogP contribution in [0.2, 0.25) is 0 Å². The van der Waals surface area contributed by atoms with Gasteiger partial charge < -0.3 is 10.2 Å². The average molecular weight is 248 g/mol. The van der Waals surface area contributed by atoms with E-state index < -0.39 is 0 Å². The fourth-order valence-electron chi connectivity index (χ4n) is 2.70. The SMILES string of the molecule is Cc1cc(NCCN(C)C2CCCC2)nc(C)n1. The number of likely N-dealkylation sites (N-methyl/N-ethyl adjacent to an activating group) is 1. The molecule has 4 heteroatoms. The van der Waals surface area contributed by atoms with Gasteiger partial charge in [-0.25, -0.2) is 9.97 Å². The van der Waals surface area contributed by atoms with Crippen molar-refractivity contribution in [1.82, 2.24) is 14.9 Å². The quantitative estimate of drug-likeness (QED) is 0.868. The Morgan fingerprint density at radius 3 is 2.67 bits per heavy atom. The molecule has 1 heterocycles. The van der Waals surface area contributed by atoms with E-state index >= 15 is 0 Å². The van der Waals surface area contributed by atoms with Gasteiger partial charge in [-0.15, -0.1) is 0 Å². The molecule has 0 aliphatic heterocycles. The second kappa shape index (κ2) is 6.14. The lowest BCUT2D eigenvalue weighted by Crippen LogP contribution is -2.33. The van der Waals surface area contributed by atoms with Crippen molar-refractivity contribution in [2.45, 2.75) is 45.6 Å². The lowest BCUT2D eigenvalue weighted by Gasteiger charge is -2.24.